The summed E-state index contributed by atoms with van der Waals surface area (Å²) in [4.78, 5) is 28.4. The molecule has 130 valence electrons. The first-order valence-electron chi connectivity index (χ1n) is 8.04. The summed E-state index contributed by atoms with van der Waals surface area (Å²) in [7, 11) is 0. The maximum atomic E-state index is 12.2. The van der Waals surface area contributed by atoms with Crippen LogP contribution in [0.5, 0.6) is 0 Å². The third-order valence-corrected chi connectivity index (χ3v) is 3.96. The number of nitrogens with one attached hydrogen (secondary N) is 1. The molecule has 4 aromatic rings. The Morgan fingerprint density at radius 3 is 2.88 bits per heavy atom. The second-order valence-electron chi connectivity index (χ2n) is 5.73. The highest BCUT2D eigenvalue weighted by atomic mass is 16.4. The van der Waals surface area contributed by atoms with Crippen LogP contribution in [0.4, 0.5) is 0 Å². The van der Waals surface area contributed by atoms with E-state index in [1.54, 1.807) is 42.8 Å². The average Bonchev–Trinajstić information content (AvgIpc) is 3.29. The molecule has 0 aliphatic heterocycles. The van der Waals surface area contributed by atoms with Crippen molar-refractivity contribution in [1.82, 2.24) is 14.9 Å². The van der Waals surface area contributed by atoms with Crippen molar-refractivity contribution in [1.29, 1.82) is 0 Å². The Morgan fingerprint density at radius 1 is 1.15 bits per heavy atom. The van der Waals surface area contributed by atoms with E-state index >= 15 is 0 Å². The second-order valence-corrected chi connectivity index (χ2v) is 5.73. The molecule has 0 fully saturated rings. The van der Waals surface area contributed by atoms with E-state index < -0.39 is 5.76 Å². The molecular formula is C19H15N3O4. The van der Waals surface area contributed by atoms with E-state index in [0.717, 1.165) is 5.56 Å². The first kappa shape index (κ1) is 15.9. The lowest BCUT2D eigenvalue weighted by molar-refractivity contribution is -0.121. The highest BCUT2D eigenvalue weighted by molar-refractivity contribution is 5.79. The van der Waals surface area contributed by atoms with Crippen LogP contribution < -0.4 is 11.1 Å². The Bertz CT molecular complexity index is 1110. The Balaban J connectivity index is 1.45. The van der Waals surface area contributed by atoms with Gasteiger partial charge in [-0.1, -0.05) is 12.1 Å². The summed E-state index contributed by atoms with van der Waals surface area (Å²) in [5, 5.41) is 2.80. The van der Waals surface area contributed by atoms with Gasteiger partial charge in [0.05, 0.1) is 11.8 Å². The first-order valence-corrected chi connectivity index (χ1v) is 8.04. The van der Waals surface area contributed by atoms with Crippen molar-refractivity contribution in [3.05, 3.63) is 77.1 Å². The van der Waals surface area contributed by atoms with E-state index in [2.05, 4.69) is 10.3 Å². The quantitative estimate of drug-likeness (QED) is 0.598. The van der Waals surface area contributed by atoms with Crippen molar-refractivity contribution in [2.45, 2.75) is 13.1 Å². The molecule has 7 nitrogen and oxygen atoms in total. The summed E-state index contributed by atoms with van der Waals surface area (Å²) >= 11 is 0. The van der Waals surface area contributed by atoms with Gasteiger partial charge in [0.1, 0.15) is 12.2 Å². The molecule has 0 spiro atoms. The van der Waals surface area contributed by atoms with Gasteiger partial charge < -0.3 is 14.2 Å². The molecule has 0 unspecified atom stereocenters. The summed E-state index contributed by atoms with van der Waals surface area (Å²) in [6.45, 7) is 0.214. The number of benzene rings is 1. The minimum atomic E-state index is -0.551. The van der Waals surface area contributed by atoms with Crippen LogP contribution in [0.15, 0.2) is 74.6 Å². The molecule has 0 aliphatic carbocycles. The van der Waals surface area contributed by atoms with Gasteiger partial charge in [-0.2, -0.15) is 0 Å². The molecule has 0 bridgehead atoms. The second kappa shape index (κ2) is 6.72. The molecule has 0 saturated carbocycles. The van der Waals surface area contributed by atoms with Crippen molar-refractivity contribution in [2.75, 3.05) is 0 Å². The van der Waals surface area contributed by atoms with Crippen molar-refractivity contribution >= 4 is 17.0 Å². The number of aromatic nitrogens is 2. The number of pyridine rings is 1. The minimum Gasteiger partial charge on any atom is -0.463 e. The zero-order valence-corrected chi connectivity index (χ0v) is 13.7. The largest absolute Gasteiger partial charge is 0.463 e. The topological polar surface area (TPSA) is 90.3 Å². The van der Waals surface area contributed by atoms with E-state index in [1.165, 1.54) is 4.57 Å². The molecule has 1 amide bonds. The van der Waals surface area contributed by atoms with Gasteiger partial charge >= 0.3 is 5.76 Å². The Hall–Kier alpha value is -3.61. The zero-order chi connectivity index (χ0) is 17.9. The molecule has 1 aromatic carbocycles. The Morgan fingerprint density at radius 2 is 2.04 bits per heavy atom. The van der Waals surface area contributed by atoms with Crippen LogP contribution in [0, 0.1) is 0 Å². The van der Waals surface area contributed by atoms with Gasteiger partial charge in [0, 0.05) is 12.7 Å². The maximum absolute atomic E-state index is 12.2. The highest BCUT2D eigenvalue weighted by Crippen LogP contribution is 2.18. The number of hydrogen-bond donors (Lipinski definition) is 1. The van der Waals surface area contributed by atoms with Gasteiger partial charge in [0.25, 0.3) is 0 Å². The van der Waals surface area contributed by atoms with Gasteiger partial charge in [0.15, 0.2) is 11.3 Å². The van der Waals surface area contributed by atoms with E-state index in [0.29, 0.717) is 29.1 Å². The third-order valence-electron chi connectivity index (χ3n) is 3.96. The molecule has 0 radical (unpaired) electrons. The van der Waals surface area contributed by atoms with Crippen molar-refractivity contribution in [2.24, 2.45) is 0 Å². The SMILES string of the molecule is O=C(Cn1c(=O)oc2ccccc21)NCc1ccnc(-c2ccco2)c1. The van der Waals surface area contributed by atoms with E-state index in [-0.39, 0.29) is 12.5 Å². The summed E-state index contributed by atoms with van der Waals surface area (Å²) in [5.74, 6) is -0.171. The number of nitrogens with zero attached hydrogens (tertiary/aromatic N) is 2. The van der Waals surface area contributed by atoms with E-state index in [4.69, 9.17) is 8.83 Å². The minimum absolute atomic E-state index is 0.105. The fourth-order valence-corrected chi connectivity index (χ4v) is 2.71. The van der Waals surface area contributed by atoms with Crippen LogP contribution in [0.3, 0.4) is 0 Å². The highest BCUT2D eigenvalue weighted by Gasteiger charge is 2.12. The van der Waals surface area contributed by atoms with Crippen LogP contribution in [-0.4, -0.2) is 15.5 Å². The van der Waals surface area contributed by atoms with Gasteiger partial charge in [-0.15, -0.1) is 0 Å². The normalized spacial score (nSPS) is 10.9. The molecule has 0 atom stereocenters. The molecular weight excluding hydrogens is 334 g/mol. The van der Waals surface area contributed by atoms with Gasteiger partial charge in [-0.3, -0.25) is 14.3 Å². The summed E-state index contributed by atoms with van der Waals surface area (Å²) < 4.78 is 11.8. The van der Waals surface area contributed by atoms with Gasteiger partial charge in [-0.25, -0.2) is 4.79 Å². The first-order chi connectivity index (χ1) is 12.7. The smallest absolute Gasteiger partial charge is 0.420 e. The lowest BCUT2D eigenvalue weighted by atomic mass is 10.2. The van der Waals surface area contributed by atoms with Crippen molar-refractivity contribution in [3.8, 4) is 11.5 Å². The number of oxazole rings is 1. The van der Waals surface area contributed by atoms with Crippen molar-refractivity contribution in [3.63, 3.8) is 0 Å². The number of hydrogen-bond acceptors (Lipinski definition) is 5. The number of para-hydroxylation sites is 2. The van der Waals surface area contributed by atoms with Crippen LogP contribution in [-0.2, 0) is 17.9 Å². The summed E-state index contributed by atoms with van der Waals surface area (Å²) in [6, 6.07) is 14.3. The van der Waals surface area contributed by atoms with Gasteiger partial charge in [-0.05, 0) is 42.0 Å². The Kier molecular flexibility index (Phi) is 4.10. The van der Waals surface area contributed by atoms with Gasteiger partial charge in [0.2, 0.25) is 5.91 Å². The number of fused-ring (bicyclic) bond motifs is 1. The summed E-state index contributed by atoms with van der Waals surface area (Å²) in [6.07, 6.45) is 3.24. The van der Waals surface area contributed by atoms with Crippen molar-refractivity contribution < 1.29 is 13.6 Å². The fourth-order valence-electron chi connectivity index (χ4n) is 2.71. The van der Waals surface area contributed by atoms with E-state index in [1.807, 2.05) is 18.2 Å². The Labute approximate surface area is 147 Å². The standard InChI is InChI=1S/C19H15N3O4/c23-18(12-22-15-4-1-2-5-17(15)26-19(22)24)21-11-13-7-8-20-14(10-13)16-6-3-9-25-16/h1-10H,11-12H2,(H,21,23). The third kappa shape index (κ3) is 3.14. The molecule has 3 heterocycles. The number of furan rings is 1. The molecule has 26 heavy (non-hydrogen) atoms. The lowest BCUT2D eigenvalue weighted by Crippen LogP contribution is -2.30. The predicted octanol–water partition coefficient (Wildman–Crippen LogP) is 2.57. The average molecular weight is 349 g/mol. The monoisotopic (exact) mass is 349 g/mol. The molecule has 1 N–H and O–H groups in total. The van der Waals surface area contributed by atoms with Crippen LogP contribution in [0.1, 0.15) is 5.56 Å². The molecule has 3 aromatic heterocycles. The number of amides is 1. The van der Waals surface area contributed by atoms with Crippen LogP contribution in [0.2, 0.25) is 0 Å². The number of carbonyl (C=O) groups excluding carboxylic acids is 1. The molecule has 4 rings (SSSR count). The molecule has 0 aliphatic rings. The predicted molar refractivity (Wildman–Crippen MR) is 94.3 cm³/mol. The molecule has 0 saturated heterocycles. The number of carbonyl (C=O) groups is 1. The fraction of sp³-hybridized carbons (Fsp3) is 0.105. The lowest BCUT2D eigenvalue weighted by Gasteiger charge is -2.07. The maximum Gasteiger partial charge on any atom is 0.420 e. The van der Waals surface area contributed by atoms with Crippen LogP contribution >= 0.6 is 0 Å². The van der Waals surface area contributed by atoms with E-state index in [9.17, 15) is 9.59 Å². The van der Waals surface area contributed by atoms with Crippen LogP contribution in [0.25, 0.3) is 22.6 Å². The molecule has 7 heteroatoms. The zero-order valence-electron chi connectivity index (χ0n) is 13.7. The number of rotatable bonds is 5. The summed E-state index contributed by atoms with van der Waals surface area (Å²) in [5.41, 5.74) is 2.63.